The van der Waals surface area contributed by atoms with E-state index in [-0.39, 0.29) is 5.56 Å². The van der Waals surface area contributed by atoms with Crippen LogP contribution < -0.4 is 11.3 Å². The molecule has 3 heteroatoms. The van der Waals surface area contributed by atoms with Gasteiger partial charge in [-0.15, -0.1) is 0 Å². The second-order valence-electron chi connectivity index (χ2n) is 3.86. The van der Waals surface area contributed by atoms with E-state index >= 15 is 0 Å². The molecular formula is C10H14N2O. The van der Waals surface area contributed by atoms with Crippen molar-refractivity contribution < 1.29 is 0 Å². The molecule has 2 rings (SSSR count). The fraction of sp³-hybridized carbons (Fsp3) is 0.500. The van der Waals surface area contributed by atoms with Crippen LogP contribution in [0.25, 0.3) is 0 Å². The van der Waals surface area contributed by atoms with E-state index in [4.69, 9.17) is 5.73 Å². The highest BCUT2D eigenvalue weighted by atomic mass is 16.1. The third kappa shape index (κ3) is 1.74. The largest absolute Gasteiger partial charge is 0.398 e. The van der Waals surface area contributed by atoms with Crippen LogP contribution in [0.4, 0.5) is 5.69 Å². The number of nitrogens with zero attached hydrogens (tertiary/aromatic N) is 1. The maximum Gasteiger partial charge on any atom is 0.253 e. The first-order chi connectivity index (χ1) is 6.16. The second kappa shape index (κ2) is 2.91. The average molecular weight is 178 g/mol. The summed E-state index contributed by atoms with van der Waals surface area (Å²) in [5.41, 5.74) is 7.18. The molecule has 0 aliphatic heterocycles. The van der Waals surface area contributed by atoms with Crippen LogP contribution in [0.5, 0.6) is 0 Å². The van der Waals surface area contributed by atoms with E-state index in [2.05, 4.69) is 0 Å². The van der Waals surface area contributed by atoms with Crippen LogP contribution in [0.1, 0.15) is 18.4 Å². The number of anilines is 1. The van der Waals surface area contributed by atoms with E-state index in [1.165, 1.54) is 12.8 Å². The minimum absolute atomic E-state index is 0.0982. The first-order valence-electron chi connectivity index (χ1n) is 4.63. The molecule has 13 heavy (non-hydrogen) atoms. The zero-order valence-corrected chi connectivity index (χ0v) is 7.79. The second-order valence-corrected chi connectivity index (χ2v) is 3.86. The molecule has 0 radical (unpaired) electrons. The third-order valence-corrected chi connectivity index (χ3v) is 2.44. The minimum Gasteiger partial charge on any atom is -0.398 e. The van der Waals surface area contributed by atoms with Crippen LogP contribution in [0.2, 0.25) is 0 Å². The number of hydrogen-bond donors (Lipinski definition) is 1. The molecule has 70 valence electrons. The summed E-state index contributed by atoms with van der Waals surface area (Å²) in [6, 6.07) is 1.73. The minimum atomic E-state index is 0.0982. The van der Waals surface area contributed by atoms with Crippen LogP contribution >= 0.6 is 0 Å². The van der Waals surface area contributed by atoms with Gasteiger partial charge in [0.25, 0.3) is 5.56 Å². The zero-order chi connectivity index (χ0) is 9.42. The summed E-state index contributed by atoms with van der Waals surface area (Å²) < 4.78 is 1.74. The Labute approximate surface area is 77.2 Å². The Morgan fingerprint density at radius 1 is 1.62 bits per heavy atom. The van der Waals surface area contributed by atoms with Crippen LogP contribution in [0.15, 0.2) is 17.1 Å². The lowest BCUT2D eigenvalue weighted by atomic mass is 10.2. The molecule has 3 nitrogen and oxygen atoms in total. The summed E-state index contributed by atoms with van der Waals surface area (Å²) in [5.74, 6) is 0.707. The highest BCUT2D eigenvalue weighted by Crippen LogP contribution is 2.30. The average Bonchev–Trinajstić information content (AvgIpc) is 2.83. The standard InChI is InChI=1S/C10H14N2O/c1-7-4-9(11)6-12(10(7)13)5-8-2-3-8/h4,6,8H,2-3,5,11H2,1H3. The molecule has 1 aromatic rings. The van der Waals surface area contributed by atoms with Gasteiger partial charge >= 0.3 is 0 Å². The van der Waals surface area contributed by atoms with Crippen LogP contribution in [-0.2, 0) is 6.54 Å². The van der Waals surface area contributed by atoms with Gasteiger partial charge in [-0.25, -0.2) is 0 Å². The molecule has 0 bridgehead atoms. The van der Waals surface area contributed by atoms with E-state index in [1.54, 1.807) is 16.8 Å². The molecule has 1 aromatic heterocycles. The molecule has 1 aliphatic carbocycles. The lowest BCUT2D eigenvalue weighted by Gasteiger charge is -2.06. The first kappa shape index (κ1) is 8.35. The van der Waals surface area contributed by atoms with E-state index in [0.29, 0.717) is 11.6 Å². The molecule has 0 amide bonds. The van der Waals surface area contributed by atoms with Gasteiger partial charge in [0.15, 0.2) is 0 Å². The van der Waals surface area contributed by atoms with Gasteiger partial charge in [-0.05, 0) is 31.7 Å². The Hall–Kier alpha value is -1.25. The number of nitrogens with two attached hydrogens (primary N) is 1. The van der Waals surface area contributed by atoms with Crippen molar-refractivity contribution in [2.75, 3.05) is 5.73 Å². The molecule has 0 atom stereocenters. The maximum atomic E-state index is 11.6. The molecule has 0 saturated heterocycles. The molecule has 1 aliphatic rings. The molecule has 1 saturated carbocycles. The smallest absolute Gasteiger partial charge is 0.253 e. The molecule has 0 aromatic carbocycles. The Morgan fingerprint density at radius 3 is 2.92 bits per heavy atom. The van der Waals surface area contributed by atoms with E-state index in [9.17, 15) is 4.79 Å². The van der Waals surface area contributed by atoms with E-state index in [1.807, 2.05) is 6.92 Å². The lowest BCUT2D eigenvalue weighted by Crippen LogP contribution is -2.23. The van der Waals surface area contributed by atoms with Crippen molar-refractivity contribution in [1.29, 1.82) is 0 Å². The zero-order valence-electron chi connectivity index (χ0n) is 7.79. The highest BCUT2D eigenvalue weighted by molar-refractivity contribution is 5.37. The number of aryl methyl sites for hydroxylation is 1. The Morgan fingerprint density at radius 2 is 2.31 bits per heavy atom. The highest BCUT2D eigenvalue weighted by Gasteiger charge is 2.22. The van der Waals surface area contributed by atoms with Crippen molar-refractivity contribution in [3.05, 3.63) is 28.2 Å². The quantitative estimate of drug-likeness (QED) is 0.738. The number of hydrogen-bond acceptors (Lipinski definition) is 2. The molecule has 1 heterocycles. The first-order valence-corrected chi connectivity index (χ1v) is 4.63. The van der Waals surface area contributed by atoms with Crippen LogP contribution in [0.3, 0.4) is 0 Å². The van der Waals surface area contributed by atoms with Crippen molar-refractivity contribution in [2.24, 2.45) is 5.92 Å². The summed E-state index contributed by atoms with van der Waals surface area (Å²) in [6.45, 7) is 2.65. The maximum absolute atomic E-state index is 11.6. The predicted octanol–water partition coefficient (Wildman–Crippen LogP) is 1.15. The van der Waals surface area contributed by atoms with Crippen molar-refractivity contribution in [2.45, 2.75) is 26.3 Å². The van der Waals surface area contributed by atoms with Gasteiger partial charge in [-0.1, -0.05) is 0 Å². The molecule has 0 unspecified atom stereocenters. The third-order valence-electron chi connectivity index (χ3n) is 2.44. The van der Waals surface area contributed by atoms with Gasteiger partial charge in [0.05, 0.1) is 0 Å². The Bertz CT molecular complexity index is 377. The van der Waals surface area contributed by atoms with Gasteiger partial charge < -0.3 is 10.3 Å². The fourth-order valence-corrected chi connectivity index (χ4v) is 1.53. The molecule has 2 N–H and O–H groups in total. The summed E-state index contributed by atoms with van der Waals surface area (Å²) in [4.78, 5) is 11.6. The number of aromatic nitrogens is 1. The summed E-state index contributed by atoms with van der Waals surface area (Å²) >= 11 is 0. The van der Waals surface area contributed by atoms with Crippen molar-refractivity contribution in [3.63, 3.8) is 0 Å². The predicted molar refractivity (Wildman–Crippen MR) is 52.6 cm³/mol. The van der Waals surface area contributed by atoms with Crippen molar-refractivity contribution >= 4 is 5.69 Å². The summed E-state index contributed by atoms with van der Waals surface area (Å²) in [5, 5.41) is 0. The lowest BCUT2D eigenvalue weighted by molar-refractivity contribution is 0.605. The number of pyridine rings is 1. The van der Waals surface area contributed by atoms with Crippen LogP contribution in [-0.4, -0.2) is 4.57 Å². The van der Waals surface area contributed by atoms with Gasteiger partial charge in [-0.2, -0.15) is 0 Å². The summed E-state index contributed by atoms with van der Waals surface area (Å²) in [7, 11) is 0. The molecule has 1 fully saturated rings. The molecular weight excluding hydrogens is 164 g/mol. The Kier molecular flexibility index (Phi) is 1.87. The van der Waals surface area contributed by atoms with Gasteiger partial charge in [0, 0.05) is 24.0 Å². The van der Waals surface area contributed by atoms with Gasteiger partial charge in [0.1, 0.15) is 0 Å². The molecule has 0 spiro atoms. The SMILES string of the molecule is Cc1cc(N)cn(CC2CC2)c1=O. The van der Waals surface area contributed by atoms with E-state index < -0.39 is 0 Å². The number of rotatable bonds is 2. The van der Waals surface area contributed by atoms with Crippen molar-refractivity contribution in [3.8, 4) is 0 Å². The van der Waals surface area contributed by atoms with Crippen molar-refractivity contribution in [1.82, 2.24) is 4.57 Å². The summed E-state index contributed by atoms with van der Waals surface area (Å²) in [6.07, 6.45) is 4.24. The van der Waals surface area contributed by atoms with Gasteiger partial charge in [0.2, 0.25) is 0 Å². The monoisotopic (exact) mass is 178 g/mol. The number of nitrogen functional groups attached to an aromatic ring is 1. The fourth-order valence-electron chi connectivity index (χ4n) is 1.53. The van der Waals surface area contributed by atoms with E-state index in [0.717, 1.165) is 12.1 Å². The topological polar surface area (TPSA) is 48.0 Å². The van der Waals surface area contributed by atoms with Crippen LogP contribution in [0, 0.1) is 12.8 Å². The Balaban J connectivity index is 2.36. The normalized spacial score (nSPS) is 16.1. The van der Waals surface area contributed by atoms with Gasteiger partial charge in [-0.3, -0.25) is 4.79 Å².